The van der Waals surface area contributed by atoms with E-state index < -0.39 is 0 Å². The van der Waals surface area contributed by atoms with Gasteiger partial charge in [0.1, 0.15) is 0 Å². The fourth-order valence-electron chi connectivity index (χ4n) is 7.08. The molecule has 0 aromatic heterocycles. The lowest BCUT2D eigenvalue weighted by Crippen LogP contribution is -2.56. The molecule has 0 unspecified atom stereocenters. The van der Waals surface area contributed by atoms with Gasteiger partial charge in [0.05, 0.1) is 0 Å². The Kier molecular flexibility index (Phi) is 3.49. The van der Waals surface area contributed by atoms with Crippen molar-refractivity contribution >= 4 is 0 Å². The van der Waals surface area contributed by atoms with Crippen LogP contribution in [0.15, 0.2) is 36.4 Å². The molecule has 0 saturated heterocycles. The molecule has 0 radical (unpaired) electrons. The molecule has 4 bridgehead atoms. The van der Waals surface area contributed by atoms with Gasteiger partial charge in [-0.2, -0.15) is 0 Å². The maximum Gasteiger partial charge on any atom is -0.00331 e. The molecule has 136 valence electrons. The van der Waals surface area contributed by atoms with Crippen LogP contribution in [0.4, 0.5) is 0 Å². The molecule has 0 heteroatoms. The normalized spacial score (nSPS) is 35.1. The molecular formula is C26H32. The van der Waals surface area contributed by atoms with Gasteiger partial charge in [0.15, 0.2) is 0 Å². The Bertz CT molecular complexity index is 788. The first-order chi connectivity index (χ1) is 12.4. The molecule has 4 fully saturated rings. The quantitative estimate of drug-likeness (QED) is 0.568. The Balaban J connectivity index is 1.61. The van der Waals surface area contributed by atoms with E-state index in [1.165, 1.54) is 60.8 Å². The van der Waals surface area contributed by atoms with Crippen molar-refractivity contribution in [1.29, 1.82) is 0 Å². The van der Waals surface area contributed by atoms with E-state index in [4.69, 9.17) is 0 Å². The molecule has 0 N–H and O–H groups in total. The van der Waals surface area contributed by atoms with Crippen LogP contribution >= 0.6 is 0 Å². The third kappa shape index (κ3) is 2.34. The van der Waals surface area contributed by atoms with Crippen LogP contribution in [0.5, 0.6) is 0 Å². The van der Waals surface area contributed by atoms with Crippen molar-refractivity contribution in [2.24, 2.45) is 11.8 Å². The van der Waals surface area contributed by atoms with Crippen LogP contribution in [0.2, 0.25) is 0 Å². The summed E-state index contributed by atoms with van der Waals surface area (Å²) >= 11 is 0. The number of hydrogen-bond acceptors (Lipinski definition) is 0. The summed E-state index contributed by atoms with van der Waals surface area (Å²) < 4.78 is 0. The zero-order valence-electron chi connectivity index (χ0n) is 16.9. The maximum absolute atomic E-state index is 2.52. The van der Waals surface area contributed by atoms with E-state index in [1.807, 2.05) is 0 Å². The van der Waals surface area contributed by atoms with Gasteiger partial charge in [-0.1, -0.05) is 36.4 Å². The minimum Gasteiger partial charge on any atom is -0.0588 e. The van der Waals surface area contributed by atoms with Gasteiger partial charge in [-0.05, 0) is 122 Å². The molecule has 4 aliphatic rings. The van der Waals surface area contributed by atoms with Crippen LogP contribution < -0.4 is 0 Å². The van der Waals surface area contributed by atoms with Gasteiger partial charge in [-0.15, -0.1) is 0 Å². The average Bonchev–Trinajstić information content (AvgIpc) is 2.58. The summed E-state index contributed by atoms with van der Waals surface area (Å²) in [6.07, 6.45) is 8.57. The van der Waals surface area contributed by atoms with E-state index in [-0.39, 0.29) is 0 Å². The van der Waals surface area contributed by atoms with Crippen LogP contribution in [0, 0.1) is 39.5 Å². The van der Waals surface area contributed by atoms with Crippen molar-refractivity contribution in [3.8, 4) is 0 Å². The molecule has 0 amide bonds. The van der Waals surface area contributed by atoms with Crippen LogP contribution in [-0.2, 0) is 10.8 Å². The summed E-state index contributed by atoms with van der Waals surface area (Å²) in [5, 5.41) is 0. The van der Waals surface area contributed by atoms with Gasteiger partial charge < -0.3 is 0 Å². The molecule has 4 aliphatic carbocycles. The maximum atomic E-state index is 2.52. The Morgan fingerprint density at radius 3 is 1.42 bits per heavy atom. The summed E-state index contributed by atoms with van der Waals surface area (Å²) in [7, 11) is 0. The lowest BCUT2D eigenvalue weighted by molar-refractivity contribution is -0.0281. The first kappa shape index (κ1) is 16.6. The highest BCUT2D eigenvalue weighted by Crippen LogP contribution is 2.66. The molecule has 0 nitrogen and oxygen atoms in total. The van der Waals surface area contributed by atoms with E-state index in [2.05, 4.69) is 64.1 Å². The van der Waals surface area contributed by atoms with Crippen molar-refractivity contribution in [2.75, 3.05) is 0 Å². The fraction of sp³-hybridized carbons (Fsp3) is 0.538. The van der Waals surface area contributed by atoms with E-state index >= 15 is 0 Å². The SMILES string of the molecule is Cc1ccc(C23CC4CC(C2)CC(c2ccc(C)c(C)c2)(C4)C3)cc1C. The van der Waals surface area contributed by atoms with Crippen molar-refractivity contribution in [1.82, 2.24) is 0 Å². The van der Waals surface area contributed by atoms with E-state index in [1.54, 1.807) is 11.1 Å². The van der Waals surface area contributed by atoms with Gasteiger partial charge in [0.2, 0.25) is 0 Å². The summed E-state index contributed by atoms with van der Waals surface area (Å²) in [5.74, 6) is 1.86. The van der Waals surface area contributed by atoms with Gasteiger partial charge in [0.25, 0.3) is 0 Å². The van der Waals surface area contributed by atoms with Gasteiger partial charge in [0, 0.05) is 0 Å². The van der Waals surface area contributed by atoms with Crippen LogP contribution in [-0.4, -0.2) is 0 Å². The molecule has 0 aliphatic heterocycles. The Hall–Kier alpha value is -1.56. The second-order valence-electron chi connectivity index (χ2n) is 10.1. The lowest BCUT2D eigenvalue weighted by atomic mass is 9.41. The third-order valence-corrected chi connectivity index (χ3v) is 8.30. The van der Waals surface area contributed by atoms with Crippen molar-refractivity contribution in [2.45, 2.75) is 77.0 Å². The second kappa shape index (κ2) is 5.47. The van der Waals surface area contributed by atoms with E-state index in [0.29, 0.717) is 10.8 Å². The fourth-order valence-corrected chi connectivity index (χ4v) is 7.08. The smallest absolute Gasteiger partial charge is 0.00331 e. The Morgan fingerprint density at radius 1 is 0.615 bits per heavy atom. The highest BCUT2D eigenvalue weighted by Gasteiger charge is 2.58. The monoisotopic (exact) mass is 344 g/mol. The van der Waals surface area contributed by atoms with Crippen LogP contribution in [0.25, 0.3) is 0 Å². The zero-order chi connectivity index (χ0) is 18.1. The molecule has 2 aromatic rings. The van der Waals surface area contributed by atoms with Crippen molar-refractivity contribution in [3.05, 3.63) is 69.8 Å². The summed E-state index contributed by atoms with van der Waals surface area (Å²) in [4.78, 5) is 0. The number of benzene rings is 2. The first-order valence-electron chi connectivity index (χ1n) is 10.5. The van der Waals surface area contributed by atoms with Gasteiger partial charge >= 0.3 is 0 Å². The van der Waals surface area contributed by atoms with E-state index in [9.17, 15) is 0 Å². The topological polar surface area (TPSA) is 0 Å². The molecule has 0 spiro atoms. The highest BCUT2D eigenvalue weighted by molar-refractivity contribution is 5.42. The Morgan fingerprint density at radius 2 is 1.04 bits per heavy atom. The Labute approximate surface area is 159 Å². The molecule has 26 heavy (non-hydrogen) atoms. The second-order valence-corrected chi connectivity index (χ2v) is 10.1. The predicted octanol–water partition coefficient (Wildman–Crippen LogP) is 6.71. The highest BCUT2D eigenvalue weighted by atomic mass is 14.6. The lowest BCUT2D eigenvalue weighted by Gasteiger charge is -2.63. The first-order valence-corrected chi connectivity index (χ1v) is 10.5. The molecule has 0 heterocycles. The van der Waals surface area contributed by atoms with Crippen molar-refractivity contribution in [3.63, 3.8) is 0 Å². The minimum absolute atomic E-state index is 0.432. The average molecular weight is 345 g/mol. The van der Waals surface area contributed by atoms with Crippen LogP contribution in [0.3, 0.4) is 0 Å². The minimum atomic E-state index is 0.432. The number of hydrogen-bond donors (Lipinski definition) is 0. The van der Waals surface area contributed by atoms with Crippen LogP contribution in [0.1, 0.15) is 71.9 Å². The third-order valence-electron chi connectivity index (χ3n) is 8.30. The molecule has 0 atom stereocenters. The van der Waals surface area contributed by atoms with Crippen molar-refractivity contribution < 1.29 is 0 Å². The zero-order valence-corrected chi connectivity index (χ0v) is 16.9. The molecule has 2 aromatic carbocycles. The van der Waals surface area contributed by atoms with Gasteiger partial charge in [-0.25, -0.2) is 0 Å². The number of rotatable bonds is 2. The summed E-state index contributed by atoms with van der Waals surface area (Å²) in [6.45, 7) is 9.07. The summed E-state index contributed by atoms with van der Waals surface area (Å²) in [5.41, 5.74) is 9.95. The predicted molar refractivity (Wildman–Crippen MR) is 110 cm³/mol. The van der Waals surface area contributed by atoms with E-state index in [0.717, 1.165) is 11.8 Å². The molecular weight excluding hydrogens is 312 g/mol. The molecule has 6 rings (SSSR count). The number of aryl methyl sites for hydroxylation is 4. The van der Waals surface area contributed by atoms with Gasteiger partial charge in [-0.3, -0.25) is 0 Å². The standard InChI is InChI=1S/C26H32/c1-17-5-7-23(9-19(17)3)25-12-21-11-22(13-25)15-26(14-21,16-25)24-8-6-18(2)20(4)10-24/h5-10,21-22H,11-16H2,1-4H3. The largest absolute Gasteiger partial charge is 0.0588 e. The summed E-state index contributed by atoms with van der Waals surface area (Å²) in [6, 6.07) is 14.7. The molecule has 4 saturated carbocycles.